The predicted molar refractivity (Wildman–Crippen MR) is 144 cm³/mol. The summed E-state index contributed by atoms with van der Waals surface area (Å²) in [4.78, 5) is 16.1. The highest BCUT2D eigenvalue weighted by molar-refractivity contribution is 9.10. The van der Waals surface area contributed by atoms with Crippen LogP contribution >= 0.6 is 15.9 Å². The minimum absolute atomic E-state index is 0.696. The van der Waals surface area contributed by atoms with E-state index >= 15 is 0 Å². The molecule has 182 valence electrons. The molecule has 3 aromatic heterocycles. The number of anilines is 2. The maximum Gasteiger partial charge on any atom is 0.124 e. The van der Waals surface area contributed by atoms with Gasteiger partial charge in [-0.3, -0.25) is 9.67 Å². The summed E-state index contributed by atoms with van der Waals surface area (Å²) in [6, 6.07) is 16.0. The molecule has 5 rings (SSSR count). The number of rotatable bonds is 8. The lowest BCUT2D eigenvalue weighted by Gasteiger charge is -2.26. The van der Waals surface area contributed by atoms with Crippen LogP contribution in [0.15, 0.2) is 77.9 Å². The molecule has 8 nitrogen and oxygen atoms in total. The van der Waals surface area contributed by atoms with Gasteiger partial charge in [0.05, 0.1) is 43.3 Å². The molecule has 5 aromatic rings. The lowest BCUT2D eigenvalue weighted by Crippen LogP contribution is -2.20. The van der Waals surface area contributed by atoms with Crippen molar-refractivity contribution in [3.8, 4) is 22.8 Å². The molecular weight excluding hydrogens is 520 g/mol. The molecule has 0 amide bonds. The van der Waals surface area contributed by atoms with E-state index in [2.05, 4.69) is 54.1 Å². The molecule has 0 spiro atoms. The van der Waals surface area contributed by atoms with Gasteiger partial charge in [0.2, 0.25) is 0 Å². The van der Waals surface area contributed by atoms with Gasteiger partial charge in [-0.15, -0.1) is 0 Å². The van der Waals surface area contributed by atoms with Crippen molar-refractivity contribution in [2.45, 2.75) is 6.42 Å². The molecule has 2 aromatic carbocycles. The van der Waals surface area contributed by atoms with E-state index in [9.17, 15) is 0 Å². The van der Waals surface area contributed by atoms with E-state index in [1.54, 1.807) is 37.5 Å². The molecule has 0 atom stereocenters. The lowest BCUT2D eigenvalue weighted by atomic mass is 10.1. The Kier molecular flexibility index (Phi) is 6.81. The van der Waals surface area contributed by atoms with Crippen LogP contribution in [0.2, 0.25) is 0 Å². The Morgan fingerprint density at radius 1 is 0.917 bits per heavy atom. The summed E-state index contributed by atoms with van der Waals surface area (Å²) in [5.41, 5.74) is 6.38. The topological polar surface area (TPSA) is 78.2 Å². The van der Waals surface area contributed by atoms with Gasteiger partial charge >= 0.3 is 0 Å². The molecular formula is C27H25BrN6O2. The van der Waals surface area contributed by atoms with E-state index in [1.807, 2.05) is 43.6 Å². The largest absolute Gasteiger partial charge is 0.497 e. The van der Waals surface area contributed by atoms with Crippen LogP contribution < -0.4 is 14.4 Å². The van der Waals surface area contributed by atoms with Crippen molar-refractivity contribution in [3.63, 3.8) is 0 Å². The van der Waals surface area contributed by atoms with E-state index in [0.29, 0.717) is 6.54 Å². The third kappa shape index (κ3) is 5.01. The molecule has 0 unspecified atom stereocenters. The van der Waals surface area contributed by atoms with Gasteiger partial charge in [0.25, 0.3) is 0 Å². The van der Waals surface area contributed by atoms with Gasteiger partial charge in [-0.05, 0) is 52.2 Å². The molecule has 0 aliphatic heterocycles. The fourth-order valence-corrected chi connectivity index (χ4v) is 4.50. The number of benzene rings is 2. The van der Waals surface area contributed by atoms with Gasteiger partial charge in [-0.25, -0.2) is 9.97 Å². The highest BCUT2D eigenvalue weighted by Gasteiger charge is 2.15. The molecule has 0 N–H and O–H groups in total. The molecule has 0 radical (unpaired) electrons. The number of ether oxygens (including phenoxy) is 2. The zero-order valence-corrected chi connectivity index (χ0v) is 21.8. The third-order valence-electron chi connectivity index (χ3n) is 5.93. The van der Waals surface area contributed by atoms with Crippen molar-refractivity contribution in [2.24, 2.45) is 7.05 Å². The first-order valence-corrected chi connectivity index (χ1v) is 12.2. The van der Waals surface area contributed by atoms with Crippen molar-refractivity contribution in [1.29, 1.82) is 0 Å². The quantitative estimate of drug-likeness (QED) is 0.236. The van der Waals surface area contributed by atoms with Gasteiger partial charge < -0.3 is 14.4 Å². The number of hydrogen-bond acceptors (Lipinski definition) is 7. The zero-order valence-electron chi connectivity index (χ0n) is 20.2. The standard InChI is InChI=1S/C27H25BrN6O2/c1-33-17-19(15-31-33)26-16-30-24-7-6-20(13-25(24)32-26)34(10-8-18-5-4-9-29-27(18)28)21-11-22(35-2)14-23(12-21)36-3/h4-7,9,11-17H,8,10H2,1-3H3. The minimum Gasteiger partial charge on any atom is -0.497 e. The Balaban J connectivity index is 1.58. The fraction of sp³-hybridized carbons (Fsp3) is 0.185. The number of methoxy groups -OCH3 is 2. The summed E-state index contributed by atoms with van der Waals surface area (Å²) in [6.07, 6.45) is 8.05. The Bertz CT molecular complexity index is 1500. The average Bonchev–Trinajstić information content (AvgIpc) is 3.35. The van der Waals surface area contributed by atoms with Crippen LogP contribution in [0.4, 0.5) is 11.4 Å². The number of aryl methyl sites for hydroxylation is 1. The second-order valence-electron chi connectivity index (χ2n) is 8.26. The van der Waals surface area contributed by atoms with Gasteiger partial charge in [0.1, 0.15) is 16.1 Å². The van der Waals surface area contributed by atoms with Crippen LogP contribution in [0.5, 0.6) is 11.5 Å². The maximum absolute atomic E-state index is 5.55. The lowest BCUT2D eigenvalue weighted by molar-refractivity contribution is 0.394. The van der Waals surface area contributed by atoms with E-state index in [1.165, 1.54) is 0 Å². The minimum atomic E-state index is 0.696. The van der Waals surface area contributed by atoms with Crippen LogP contribution in [0.25, 0.3) is 22.3 Å². The van der Waals surface area contributed by atoms with Gasteiger partial charge in [-0.2, -0.15) is 5.10 Å². The van der Waals surface area contributed by atoms with Crippen LogP contribution in [0.3, 0.4) is 0 Å². The van der Waals surface area contributed by atoms with E-state index in [0.717, 1.165) is 61.8 Å². The zero-order chi connectivity index (χ0) is 25.1. The van der Waals surface area contributed by atoms with Crippen LogP contribution in [-0.4, -0.2) is 45.5 Å². The first-order valence-electron chi connectivity index (χ1n) is 11.4. The first kappa shape index (κ1) is 23.7. The third-order valence-corrected chi connectivity index (χ3v) is 6.64. The van der Waals surface area contributed by atoms with E-state index in [-0.39, 0.29) is 0 Å². The predicted octanol–water partition coefficient (Wildman–Crippen LogP) is 5.59. The van der Waals surface area contributed by atoms with Crippen molar-refractivity contribution < 1.29 is 9.47 Å². The monoisotopic (exact) mass is 544 g/mol. The van der Waals surface area contributed by atoms with Gasteiger partial charge in [0.15, 0.2) is 0 Å². The van der Waals surface area contributed by atoms with Gasteiger partial charge in [0, 0.05) is 61.1 Å². The molecule has 0 aliphatic rings. The number of fused-ring (bicyclic) bond motifs is 1. The molecule has 36 heavy (non-hydrogen) atoms. The Hall–Kier alpha value is -3.98. The van der Waals surface area contributed by atoms with Crippen molar-refractivity contribution >= 4 is 38.3 Å². The highest BCUT2D eigenvalue weighted by Crippen LogP contribution is 2.34. The van der Waals surface area contributed by atoms with E-state index < -0.39 is 0 Å². The smallest absolute Gasteiger partial charge is 0.124 e. The van der Waals surface area contributed by atoms with Crippen molar-refractivity contribution in [2.75, 3.05) is 25.7 Å². The SMILES string of the molecule is COc1cc(OC)cc(N(CCc2cccnc2Br)c2ccc3ncc(-c4cnn(C)c4)nc3c2)c1. The highest BCUT2D eigenvalue weighted by atomic mass is 79.9. The fourth-order valence-electron chi connectivity index (χ4n) is 4.05. The first-order chi connectivity index (χ1) is 17.5. The van der Waals surface area contributed by atoms with Crippen LogP contribution in [0, 0.1) is 0 Å². The Morgan fingerprint density at radius 2 is 1.72 bits per heavy atom. The summed E-state index contributed by atoms with van der Waals surface area (Å²) in [5.74, 6) is 1.44. The molecule has 9 heteroatoms. The number of pyridine rings is 1. The van der Waals surface area contributed by atoms with E-state index in [4.69, 9.17) is 14.5 Å². The van der Waals surface area contributed by atoms with Crippen LogP contribution in [0.1, 0.15) is 5.56 Å². The average molecular weight is 545 g/mol. The number of hydrogen-bond donors (Lipinski definition) is 0. The Labute approximate surface area is 217 Å². The molecule has 0 saturated carbocycles. The molecule has 0 aliphatic carbocycles. The second kappa shape index (κ2) is 10.3. The summed E-state index contributed by atoms with van der Waals surface area (Å²) < 4.78 is 13.7. The molecule has 0 bridgehead atoms. The number of aromatic nitrogens is 5. The normalized spacial score (nSPS) is 11.0. The summed E-state index contributed by atoms with van der Waals surface area (Å²) in [5, 5.41) is 4.26. The molecule has 0 saturated heterocycles. The Morgan fingerprint density at radius 3 is 2.42 bits per heavy atom. The number of halogens is 1. The summed E-state index contributed by atoms with van der Waals surface area (Å²) in [6.45, 7) is 0.696. The van der Waals surface area contributed by atoms with Gasteiger partial charge in [-0.1, -0.05) is 6.07 Å². The van der Waals surface area contributed by atoms with Crippen LogP contribution in [-0.2, 0) is 13.5 Å². The summed E-state index contributed by atoms with van der Waals surface area (Å²) >= 11 is 3.57. The summed E-state index contributed by atoms with van der Waals surface area (Å²) in [7, 11) is 5.19. The molecule has 0 fully saturated rings. The second-order valence-corrected chi connectivity index (χ2v) is 9.01. The molecule has 3 heterocycles. The number of nitrogens with zero attached hydrogens (tertiary/aromatic N) is 6. The maximum atomic E-state index is 5.55. The van der Waals surface area contributed by atoms with Crippen molar-refractivity contribution in [1.82, 2.24) is 24.7 Å². The van der Waals surface area contributed by atoms with Crippen molar-refractivity contribution in [3.05, 3.63) is 83.5 Å².